The second kappa shape index (κ2) is 11.8. The van der Waals surface area contributed by atoms with E-state index < -0.39 is 18.4 Å². The SMILES string of the molecule is CCC[CH2][Sn]([CH2]CCC)([CH2]CCC)[c]1ccc(N(C)c2ccccc2)cc1. The van der Waals surface area contributed by atoms with Gasteiger partial charge in [-0.25, -0.2) is 0 Å². The van der Waals surface area contributed by atoms with E-state index in [1.165, 1.54) is 49.9 Å². The van der Waals surface area contributed by atoms with E-state index in [0.29, 0.717) is 0 Å². The van der Waals surface area contributed by atoms with Crippen molar-refractivity contribution >= 4 is 33.3 Å². The van der Waals surface area contributed by atoms with Crippen molar-refractivity contribution < 1.29 is 0 Å². The average Bonchev–Trinajstić information content (AvgIpc) is 2.74. The minimum atomic E-state index is -2.29. The van der Waals surface area contributed by atoms with E-state index in [1.807, 2.05) is 0 Å². The Morgan fingerprint density at radius 2 is 1.07 bits per heavy atom. The first kappa shape index (κ1) is 22.3. The van der Waals surface area contributed by atoms with Gasteiger partial charge in [0, 0.05) is 0 Å². The van der Waals surface area contributed by atoms with Crippen molar-refractivity contribution in [3.05, 3.63) is 54.6 Å². The number of hydrogen-bond donors (Lipinski definition) is 0. The fourth-order valence-corrected chi connectivity index (χ4v) is 20.1. The zero-order valence-electron chi connectivity index (χ0n) is 18.0. The van der Waals surface area contributed by atoms with Crippen LogP contribution in [0.1, 0.15) is 59.3 Å². The Bertz CT molecular complexity index is 613. The summed E-state index contributed by atoms with van der Waals surface area (Å²) in [6, 6.07) is 20.4. The first-order valence-corrected chi connectivity index (χ1v) is 18.5. The summed E-state index contributed by atoms with van der Waals surface area (Å²) in [5.41, 5.74) is 2.55. The van der Waals surface area contributed by atoms with Crippen molar-refractivity contribution in [2.24, 2.45) is 0 Å². The van der Waals surface area contributed by atoms with Crippen LogP contribution < -0.4 is 8.48 Å². The van der Waals surface area contributed by atoms with Gasteiger partial charge in [0.25, 0.3) is 0 Å². The predicted molar refractivity (Wildman–Crippen MR) is 125 cm³/mol. The van der Waals surface area contributed by atoms with E-state index in [9.17, 15) is 0 Å². The third-order valence-electron chi connectivity index (χ3n) is 6.04. The van der Waals surface area contributed by atoms with Crippen LogP contribution in [0.25, 0.3) is 0 Å². The molecule has 0 saturated heterocycles. The zero-order chi connectivity index (χ0) is 19.5. The first-order valence-electron chi connectivity index (χ1n) is 11.1. The number of para-hydroxylation sites is 1. The molecular formula is C25H39NSn. The molecule has 0 aliphatic heterocycles. The zero-order valence-corrected chi connectivity index (χ0v) is 20.9. The van der Waals surface area contributed by atoms with Crippen molar-refractivity contribution in [3.63, 3.8) is 0 Å². The van der Waals surface area contributed by atoms with Crippen molar-refractivity contribution in [3.8, 4) is 0 Å². The average molecular weight is 472 g/mol. The van der Waals surface area contributed by atoms with Crippen LogP contribution >= 0.6 is 0 Å². The Labute approximate surface area is 172 Å². The fraction of sp³-hybridized carbons (Fsp3) is 0.520. The number of benzene rings is 2. The summed E-state index contributed by atoms with van der Waals surface area (Å²) < 4.78 is 6.39. The van der Waals surface area contributed by atoms with Crippen LogP contribution in [0.15, 0.2) is 54.6 Å². The second-order valence-electron chi connectivity index (χ2n) is 8.03. The van der Waals surface area contributed by atoms with E-state index in [0.717, 1.165) is 0 Å². The second-order valence-corrected chi connectivity index (χ2v) is 21.3. The molecule has 0 N–H and O–H groups in total. The van der Waals surface area contributed by atoms with E-state index in [-0.39, 0.29) is 0 Å². The van der Waals surface area contributed by atoms with Gasteiger partial charge < -0.3 is 0 Å². The van der Waals surface area contributed by atoms with Crippen LogP contribution in [0.2, 0.25) is 13.3 Å². The predicted octanol–water partition coefficient (Wildman–Crippen LogP) is 7.51. The van der Waals surface area contributed by atoms with Crippen molar-refractivity contribution in [1.29, 1.82) is 0 Å². The number of unbranched alkanes of at least 4 members (excludes halogenated alkanes) is 3. The van der Waals surface area contributed by atoms with Crippen molar-refractivity contribution in [2.75, 3.05) is 11.9 Å². The Morgan fingerprint density at radius 1 is 0.630 bits per heavy atom. The third-order valence-corrected chi connectivity index (χ3v) is 21.7. The van der Waals surface area contributed by atoms with Gasteiger partial charge in [0.15, 0.2) is 0 Å². The van der Waals surface area contributed by atoms with Gasteiger partial charge >= 0.3 is 172 Å². The number of rotatable bonds is 12. The van der Waals surface area contributed by atoms with Gasteiger partial charge in [-0.2, -0.15) is 0 Å². The maximum atomic E-state index is 2.51. The van der Waals surface area contributed by atoms with Crippen LogP contribution in [0, 0.1) is 0 Å². The van der Waals surface area contributed by atoms with Crippen LogP contribution in [0.5, 0.6) is 0 Å². The van der Waals surface area contributed by atoms with Gasteiger partial charge in [-0.1, -0.05) is 0 Å². The van der Waals surface area contributed by atoms with Crippen LogP contribution in [-0.2, 0) is 0 Å². The van der Waals surface area contributed by atoms with E-state index >= 15 is 0 Å². The quantitative estimate of drug-likeness (QED) is 0.289. The molecule has 0 spiro atoms. The Balaban J connectivity index is 2.28. The van der Waals surface area contributed by atoms with E-state index in [2.05, 4.69) is 87.3 Å². The molecule has 0 heterocycles. The van der Waals surface area contributed by atoms with Gasteiger partial charge in [0.1, 0.15) is 0 Å². The van der Waals surface area contributed by atoms with Crippen molar-refractivity contribution in [2.45, 2.75) is 72.6 Å². The van der Waals surface area contributed by atoms with Crippen LogP contribution in [-0.4, -0.2) is 25.4 Å². The van der Waals surface area contributed by atoms with Crippen LogP contribution in [0.3, 0.4) is 0 Å². The molecule has 0 atom stereocenters. The number of anilines is 2. The topological polar surface area (TPSA) is 3.24 Å². The van der Waals surface area contributed by atoms with E-state index in [4.69, 9.17) is 0 Å². The van der Waals surface area contributed by atoms with E-state index in [1.54, 1.807) is 16.9 Å². The van der Waals surface area contributed by atoms with Gasteiger partial charge in [0.05, 0.1) is 0 Å². The molecular weight excluding hydrogens is 433 g/mol. The Morgan fingerprint density at radius 3 is 1.52 bits per heavy atom. The van der Waals surface area contributed by atoms with Gasteiger partial charge in [-0.05, 0) is 0 Å². The normalized spacial score (nSPS) is 11.6. The molecule has 0 amide bonds. The molecule has 2 aromatic carbocycles. The summed E-state index contributed by atoms with van der Waals surface area (Å²) in [6.07, 6.45) is 8.29. The Kier molecular flexibility index (Phi) is 9.75. The molecule has 2 rings (SSSR count). The van der Waals surface area contributed by atoms with Gasteiger partial charge in [-0.3, -0.25) is 0 Å². The maximum absolute atomic E-state index is 2.51. The summed E-state index contributed by atoms with van der Waals surface area (Å²) >= 11 is -2.29. The molecule has 0 bridgehead atoms. The molecule has 27 heavy (non-hydrogen) atoms. The summed E-state index contributed by atoms with van der Waals surface area (Å²) in [6.45, 7) is 7.07. The first-order chi connectivity index (χ1) is 13.2. The third kappa shape index (κ3) is 6.27. The summed E-state index contributed by atoms with van der Waals surface area (Å²) in [7, 11) is 2.17. The molecule has 0 aromatic heterocycles. The summed E-state index contributed by atoms with van der Waals surface area (Å²) in [5.74, 6) is 0. The van der Waals surface area contributed by atoms with Gasteiger partial charge in [0.2, 0.25) is 0 Å². The molecule has 0 radical (unpaired) electrons. The Hall–Kier alpha value is -0.961. The monoisotopic (exact) mass is 473 g/mol. The molecule has 0 unspecified atom stereocenters. The minimum absolute atomic E-state index is 1.25. The van der Waals surface area contributed by atoms with Crippen molar-refractivity contribution in [1.82, 2.24) is 0 Å². The number of nitrogens with zero attached hydrogens (tertiary/aromatic N) is 1. The molecule has 148 valence electrons. The molecule has 2 heteroatoms. The molecule has 0 fully saturated rings. The number of hydrogen-bond acceptors (Lipinski definition) is 1. The van der Waals surface area contributed by atoms with Gasteiger partial charge in [-0.15, -0.1) is 0 Å². The molecule has 0 saturated carbocycles. The van der Waals surface area contributed by atoms with Crippen LogP contribution in [0.4, 0.5) is 11.4 Å². The molecule has 0 aliphatic carbocycles. The summed E-state index contributed by atoms with van der Waals surface area (Å²) in [4.78, 5) is 2.30. The standard InChI is InChI=1S/C13H12N.3C4H9.Sn/c1-14(12-8-4-2-5-9-12)13-10-6-3-7-11-13;3*1-3-4-2;/h2,4-11H,1H3;3*1,3-4H2,2H3;. The molecule has 2 aromatic rings. The fourth-order valence-electron chi connectivity index (χ4n) is 4.19. The molecule has 0 aliphatic rings. The summed E-state index contributed by atoms with van der Waals surface area (Å²) in [5, 5.41) is 0. The molecule has 1 nitrogen and oxygen atoms in total.